The molecule has 0 aliphatic carbocycles. The molecule has 2 N–H and O–H groups in total. The predicted octanol–water partition coefficient (Wildman–Crippen LogP) is 3.36. The van der Waals surface area contributed by atoms with Crippen molar-refractivity contribution in [3.63, 3.8) is 0 Å². The van der Waals surface area contributed by atoms with Crippen molar-refractivity contribution in [3.05, 3.63) is 56.8 Å². The van der Waals surface area contributed by atoms with E-state index in [-0.39, 0.29) is 11.5 Å². The van der Waals surface area contributed by atoms with Gasteiger partial charge in [-0.05, 0) is 40.2 Å². The maximum Gasteiger partial charge on any atom is 0.352 e. The van der Waals surface area contributed by atoms with Gasteiger partial charge in [0.1, 0.15) is 5.69 Å². The first-order valence-corrected chi connectivity index (χ1v) is 6.07. The second kappa shape index (κ2) is 4.96. The fourth-order valence-corrected chi connectivity index (χ4v) is 1.95. The van der Waals surface area contributed by atoms with Crippen molar-refractivity contribution in [1.82, 2.24) is 4.98 Å². The van der Waals surface area contributed by atoms with E-state index in [1.165, 1.54) is 12.3 Å². The molecule has 0 amide bonds. The maximum absolute atomic E-state index is 12.1. The third-order valence-electron chi connectivity index (χ3n) is 2.36. The Morgan fingerprint density at radius 1 is 1.22 bits per heavy atom. The fourth-order valence-electron chi connectivity index (χ4n) is 1.45. The summed E-state index contributed by atoms with van der Waals surface area (Å²) in [6, 6.07) is 6.08. The van der Waals surface area contributed by atoms with E-state index in [0.717, 1.165) is 0 Å². The highest BCUT2D eigenvalue weighted by Crippen LogP contribution is 2.24. The van der Waals surface area contributed by atoms with E-state index in [2.05, 4.69) is 20.9 Å². The van der Waals surface area contributed by atoms with Crippen LogP contribution in [0.5, 0.6) is 0 Å². The number of benzene rings is 1. The SMILES string of the molecule is O=C(c1c[nH]c(C(=O)O)c1)c1ccc(Cl)c(Br)c1. The highest BCUT2D eigenvalue weighted by molar-refractivity contribution is 9.10. The third-order valence-corrected chi connectivity index (χ3v) is 3.57. The van der Waals surface area contributed by atoms with E-state index in [1.54, 1.807) is 18.2 Å². The molecule has 0 aliphatic heterocycles. The molecule has 0 saturated carbocycles. The number of hydrogen-bond donors (Lipinski definition) is 2. The Bertz CT molecular complexity index is 636. The average molecular weight is 329 g/mol. The van der Waals surface area contributed by atoms with Crippen molar-refractivity contribution in [2.75, 3.05) is 0 Å². The molecule has 1 heterocycles. The molecule has 0 bridgehead atoms. The molecule has 0 fully saturated rings. The summed E-state index contributed by atoms with van der Waals surface area (Å²) in [7, 11) is 0. The summed E-state index contributed by atoms with van der Waals surface area (Å²) in [5, 5.41) is 9.27. The van der Waals surface area contributed by atoms with Gasteiger partial charge in [0, 0.05) is 21.8 Å². The Morgan fingerprint density at radius 3 is 2.50 bits per heavy atom. The molecule has 0 radical (unpaired) electrons. The second-order valence-electron chi connectivity index (χ2n) is 3.57. The second-order valence-corrected chi connectivity index (χ2v) is 4.83. The topological polar surface area (TPSA) is 70.2 Å². The summed E-state index contributed by atoms with van der Waals surface area (Å²) in [6.07, 6.45) is 1.37. The van der Waals surface area contributed by atoms with E-state index >= 15 is 0 Å². The molecule has 0 saturated heterocycles. The monoisotopic (exact) mass is 327 g/mol. The molecule has 2 rings (SSSR count). The first-order valence-electron chi connectivity index (χ1n) is 4.90. The summed E-state index contributed by atoms with van der Waals surface area (Å²) in [5.41, 5.74) is 0.704. The minimum Gasteiger partial charge on any atom is -0.477 e. The molecule has 0 atom stereocenters. The van der Waals surface area contributed by atoms with E-state index in [9.17, 15) is 9.59 Å². The van der Waals surface area contributed by atoms with Gasteiger partial charge in [0.05, 0.1) is 5.02 Å². The molecule has 4 nitrogen and oxygen atoms in total. The number of hydrogen-bond acceptors (Lipinski definition) is 2. The highest BCUT2D eigenvalue weighted by Gasteiger charge is 2.14. The molecular formula is C12H7BrClNO3. The lowest BCUT2D eigenvalue weighted by Gasteiger charge is -2.00. The number of H-pyrrole nitrogens is 1. The summed E-state index contributed by atoms with van der Waals surface area (Å²) >= 11 is 9.06. The van der Waals surface area contributed by atoms with E-state index in [4.69, 9.17) is 16.7 Å². The van der Waals surface area contributed by atoms with Gasteiger partial charge in [-0.2, -0.15) is 0 Å². The van der Waals surface area contributed by atoms with Gasteiger partial charge in [-0.25, -0.2) is 4.79 Å². The molecule has 1 aromatic carbocycles. The lowest BCUT2D eigenvalue weighted by molar-refractivity contribution is 0.0691. The zero-order valence-corrected chi connectivity index (χ0v) is 11.2. The number of ketones is 1. The van der Waals surface area contributed by atoms with Crippen molar-refractivity contribution < 1.29 is 14.7 Å². The average Bonchev–Trinajstić information content (AvgIpc) is 2.81. The van der Waals surface area contributed by atoms with Crippen LogP contribution >= 0.6 is 27.5 Å². The van der Waals surface area contributed by atoms with Crippen LogP contribution in [0.4, 0.5) is 0 Å². The number of nitrogens with one attached hydrogen (secondary N) is 1. The predicted molar refractivity (Wildman–Crippen MR) is 70.3 cm³/mol. The minimum atomic E-state index is -1.11. The first kappa shape index (κ1) is 12.9. The van der Waals surface area contributed by atoms with Gasteiger partial charge in [0.25, 0.3) is 0 Å². The Morgan fingerprint density at radius 2 is 1.94 bits per heavy atom. The van der Waals surface area contributed by atoms with Gasteiger partial charge >= 0.3 is 5.97 Å². The largest absolute Gasteiger partial charge is 0.477 e. The summed E-state index contributed by atoms with van der Waals surface area (Å²) in [4.78, 5) is 25.3. The zero-order chi connectivity index (χ0) is 13.3. The van der Waals surface area contributed by atoms with Gasteiger partial charge in [-0.1, -0.05) is 11.6 Å². The van der Waals surface area contributed by atoms with Crippen LogP contribution in [0.25, 0.3) is 0 Å². The molecule has 0 unspecified atom stereocenters. The molecule has 18 heavy (non-hydrogen) atoms. The molecular weight excluding hydrogens is 321 g/mol. The number of aromatic carboxylic acids is 1. The number of aromatic amines is 1. The highest BCUT2D eigenvalue weighted by atomic mass is 79.9. The first-order chi connectivity index (χ1) is 8.49. The van der Waals surface area contributed by atoms with Crippen molar-refractivity contribution in [2.24, 2.45) is 0 Å². The van der Waals surface area contributed by atoms with Crippen LogP contribution in [-0.2, 0) is 0 Å². The number of carboxylic acids is 1. The van der Waals surface area contributed by atoms with Gasteiger partial charge in [-0.3, -0.25) is 4.79 Å². The zero-order valence-electron chi connectivity index (χ0n) is 8.91. The molecule has 0 spiro atoms. The van der Waals surface area contributed by atoms with Crippen molar-refractivity contribution in [3.8, 4) is 0 Å². The number of aromatic nitrogens is 1. The Hall–Kier alpha value is -1.59. The van der Waals surface area contributed by atoms with Crippen LogP contribution in [0, 0.1) is 0 Å². The molecule has 2 aromatic rings. The van der Waals surface area contributed by atoms with E-state index in [0.29, 0.717) is 20.6 Å². The summed E-state index contributed by atoms with van der Waals surface area (Å²) in [5.74, 6) is -1.37. The Kier molecular flexibility index (Phi) is 3.54. The smallest absolute Gasteiger partial charge is 0.352 e. The lowest BCUT2D eigenvalue weighted by Crippen LogP contribution is -2.00. The molecule has 92 valence electrons. The number of halogens is 2. The van der Waals surface area contributed by atoms with Crippen LogP contribution in [0.15, 0.2) is 34.9 Å². The number of carboxylic acid groups (broad SMARTS) is 1. The fraction of sp³-hybridized carbons (Fsp3) is 0. The summed E-state index contributed by atoms with van der Waals surface area (Å²) in [6.45, 7) is 0. The number of carbonyl (C=O) groups is 2. The van der Waals surface area contributed by atoms with E-state index in [1.807, 2.05) is 0 Å². The maximum atomic E-state index is 12.1. The van der Waals surface area contributed by atoms with Crippen LogP contribution in [-0.4, -0.2) is 21.8 Å². The minimum absolute atomic E-state index is 0.0219. The number of rotatable bonds is 3. The normalized spacial score (nSPS) is 10.3. The Labute approximate surface area is 116 Å². The van der Waals surface area contributed by atoms with Crippen molar-refractivity contribution in [1.29, 1.82) is 0 Å². The quantitative estimate of drug-likeness (QED) is 0.849. The van der Waals surface area contributed by atoms with Gasteiger partial charge in [-0.15, -0.1) is 0 Å². The van der Waals surface area contributed by atoms with E-state index < -0.39 is 5.97 Å². The van der Waals surface area contributed by atoms with Crippen molar-refractivity contribution >= 4 is 39.3 Å². The third kappa shape index (κ3) is 2.47. The van der Waals surface area contributed by atoms with Gasteiger partial charge in [0.2, 0.25) is 0 Å². The van der Waals surface area contributed by atoms with Crippen LogP contribution in [0.2, 0.25) is 5.02 Å². The molecule has 0 aliphatic rings. The number of carbonyl (C=O) groups excluding carboxylic acids is 1. The standard InChI is InChI=1S/C12H7BrClNO3/c13-8-3-6(1-2-9(8)14)11(16)7-4-10(12(17)18)15-5-7/h1-5,15H,(H,17,18). The van der Waals surface area contributed by atoms with Crippen LogP contribution < -0.4 is 0 Å². The van der Waals surface area contributed by atoms with Crippen molar-refractivity contribution in [2.45, 2.75) is 0 Å². The van der Waals surface area contributed by atoms with Crippen LogP contribution in [0.3, 0.4) is 0 Å². The molecule has 1 aromatic heterocycles. The van der Waals surface area contributed by atoms with Crippen LogP contribution in [0.1, 0.15) is 26.4 Å². The Balaban J connectivity index is 2.35. The summed E-state index contributed by atoms with van der Waals surface area (Å²) < 4.78 is 0.615. The molecule has 6 heteroatoms. The lowest BCUT2D eigenvalue weighted by atomic mass is 10.1. The van der Waals surface area contributed by atoms with Gasteiger partial charge < -0.3 is 10.1 Å². The van der Waals surface area contributed by atoms with Gasteiger partial charge in [0.15, 0.2) is 5.78 Å².